The molecule has 0 radical (unpaired) electrons. The van der Waals surface area contributed by atoms with Crippen LogP contribution in [-0.2, 0) is 4.74 Å². The zero-order valence-corrected chi connectivity index (χ0v) is 10.4. The second kappa shape index (κ2) is 4.11. The van der Waals surface area contributed by atoms with Crippen LogP contribution in [0.5, 0.6) is 0 Å². The fourth-order valence-electron chi connectivity index (χ4n) is 2.70. The summed E-state index contributed by atoms with van der Waals surface area (Å²) < 4.78 is 20.8. The van der Waals surface area contributed by atoms with Crippen molar-refractivity contribution in [2.75, 3.05) is 13.2 Å². The molecular formula is C13H11FN4O2. The highest BCUT2D eigenvalue weighted by Gasteiger charge is 2.39. The van der Waals surface area contributed by atoms with Gasteiger partial charge in [-0.2, -0.15) is 5.10 Å². The Labute approximate surface area is 113 Å². The number of nitrogens with one attached hydrogen (secondary N) is 1. The molecule has 2 aromatic rings. The molecule has 6 nitrogen and oxygen atoms in total. The molecule has 4 rings (SSSR count). The monoisotopic (exact) mass is 274 g/mol. The Hall–Kier alpha value is -2.28. The average molecular weight is 274 g/mol. The molecule has 0 spiro atoms. The fraction of sp³-hybridized carbons (Fsp3) is 0.308. The van der Waals surface area contributed by atoms with Crippen LogP contribution < -0.4 is 5.32 Å². The van der Waals surface area contributed by atoms with Gasteiger partial charge < -0.3 is 10.1 Å². The number of amides is 1. The molecule has 0 bridgehead atoms. The number of carbonyl (C=O) groups is 1. The molecule has 0 saturated carbocycles. The minimum Gasteiger partial charge on any atom is -0.377 e. The van der Waals surface area contributed by atoms with E-state index in [1.807, 2.05) is 0 Å². The van der Waals surface area contributed by atoms with E-state index in [0.29, 0.717) is 30.2 Å². The minimum atomic E-state index is -0.456. The van der Waals surface area contributed by atoms with Crippen LogP contribution in [0.15, 0.2) is 24.5 Å². The summed E-state index contributed by atoms with van der Waals surface area (Å²) in [5.74, 6) is -0.660. The van der Waals surface area contributed by atoms with E-state index in [1.54, 1.807) is 16.8 Å². The number of carbonyl (C=O) groups excluding carboxylic acids is 1. The maximum absolute atomic E-state index is 13.8. The fourth-order valence-corrected chi connectivity index (χ4v) is 2.70. The van der Waals surface area contributed by atoms with Gasteiger partial charge in [-0.1, -0.05) is 0 Å². The van der Waals surface area contributed by atoms with Crippen molar-refractivity contribution in [1.29, 1.82) is 0 Å². The second-order valence-electron chi connectivity index (χ2n) is 4.90. The Morgan fingerprint density at radius 3 is 3.20 bits per heavy atom. The lowest BCUT2D eigenvalue weighted by Gasteiger charge is -2.25. The molecule has 4 heterocycles. The lowest BCUT2D eigenvalue weighted by atomic mass is 10.1. The maximum Gasteiger partial charge on any atom is 0.269 e. The summed E-state index contributed by atoms with van der Waals surface area (Å²) in [6, 6.07) is 3.05. The van der Waals surface area contributed by atoms with Gasteiger partial charge in [-0.05, 0) is 12.1 Å². The molecule has 20 heavy (non-hydrogen) atoms. The zero-order valence-electron chi connectivity index (χ0n) is 10.4. The highest BCUT2D eigenvalue weighted by Crippen LogP contribution is 2.29. The van der Waals surface area contributed by atoms with Gasteiger partial charge in [0.1, 0.15) is 5.69 Å². The van der Waals surface area contributed by atoms with Crippen LogP contribution in [-0.4, -0.2) is 39.9 Å². The van der Waals surface area contributed by atoms with Gasteiger partial charge in [0.2, 0.25) is 0 Å². The molecule has 2 atom stereocenters. The largest absolute Gasteiger partial charge is 0.377 e. The Bertz CT molecular complexity index is 699. The molecule has 2 aliphatic heterocycles. The Kier molecular flexibility index (Phi) is 2.37. The van der Waals surface area contributed by atoms with Gasteiger partial charge in [0.15, 0.2) is 5.82 Å². The molecule has 102 valence electrons. The molecular weight excluding hydrogens is 263 g/mol. The summed E-state index contributed by atoms with van der Waals surface area (Å²) in [4.78, 5) is 15.7. The van der Waals surface area contributed by atoms with Gasteiger partial charge in [0, 0.05) is 11.8 Å². The second-order valence-corrected chi connectivity index (χ2v) is 4.90. The highest BCUT2D eigenvalue weighted by molar-refractivity contribution is 5.94. The number of fused-ring (bicyclic) bond motifs is 3. The number of halogens is 1. The van der Waals surface area contributed by atoms with Crippen molar-refractivity contribution in [3.8, 4) is 11.3 Å². The quantitative estimate of drug-likeness (QED) is 0.834. The number of nitrogens with zero attached hydrogens (tertiary/aromatic N) is 3. The normalized spacial score (nSPS) is 24.1. The van der Waals surface area contributed by atoms with E-state index < -0.39 is 5.82 Å². The van der Waals surface area contributed by atoms with E-state index in [9.17, 15) is 9.18 Å². The predicted molar refractivity (Wildman–Crippen MR) is 66.5 cm³/mol. The Morgan fingerprint density at radius 1 is 1.45 bits per heavy atom. The van der Waals surface area contributed by atoms with Crippen LogP contribution in [0, 0.1) is 5.82 Å². The van der Waals surface area contributed by atoms with E-state index in [0.717, 1.165) is 6.20 Å². The summed E-state index contributed by atoms with van der Waals surface area (Å²) in [6.07, 6.45) is 2.63. The van der Waals surface area contributed by atoms with Crippen LogP contribution >= 0.6 is 0 Å². The van der Waals surface area contributed by atoms with Crippen LogP contribution in [0.1, 0.15) is 16.5 Å². The van der Waals surface area contributed by atoms with Crippen molar-refractivity contribution in [2.24, 2.45) is 0 Å². The van der Waals surface area contributed by atoms with E-state index >= 15 is 0 Å². The van der Waals surface area contributed by atoms with Gasteiger partial charge in [0.05, 0.1) is 37.2 Å². The smallest absolute Gasteiger partial charge is 0.269 e. The third-order valence-electron chi connectivity index (χ3n) is 3.70. The minimum absolute atomic E-state index is 0.0265. The van der Waals surface area contributed by atoms with Crippen molar-refractivity contribution in [3.63, 3.8) is 0 Å². The van der Waals surface area contributed by atoms with E-state index in [-0.39, 0.29) is 18.0 Å². The molecule has 0 aromatic carbocycles. The van der Waals surface area contributed by atoms with Crippen molar-refractivity contribution in [2.45, 2.75) is 12.1 Å². The number of hydrogen-bond acceptors (Lipinski definition) is 4. The van der Waals surface area contributed by atoms with Crippen LogP contribution in [0.25, 0.3) is 11.3 Å². The summed E-state index contributed by atoms with van der Waals surface area (Å²) in [6.45, 7) is 0.979. The lowest BCUT2D eigenvalue weighted by molar-refractivity contribution is 0.0887. The molecule has 2 aliphatic rings. The number of ether oxygens (including phenoxy) is 1. The van der Waals surface area contributed by atoms with Crippen LogP contribution in [0.4, 0.5) is 4.39 Å². The van der Waals surface area contributed by atoms with Crippen LogP contribution in [0.2, 0.25) is 0 Å². The SMILES string of the molecule is O=C1NC2COCC2n2nc(-c3ccncc3F)cc21. The lowest BCUT2D eigenvalue weighted by Crippen LogP contribution is -2.47. The molecule has 1 fully saturated rings. The standard InChI is InChI=1S/C13H11FN4O2/c14-8-4-15-2-1-7(8)9-3-11-13(19)16-10-5-20-6-12(10)18(11)17-9/h1-4,10,12H,5-6H2,(H,16,19). The average Bonchev–Trinajstić information content (AvgIpc) is 3.05. The van der Waals surface area contributed by atoms with Crippen molar-refractivity contribution in [3.05, 3.63) is 36.0 Å². The molecule has 1 amide bonds. The molecule has 2 unspecified atom stereocenters. The number of pyridine rings is 1. The van der Waals surface area contributed by atoms with E-state index in [2.05, 4.69) is 15.4 Å². The van der Waals surface area contributed by atoms with Crippen molar-refractivity contribution < 1.29 is 13.9 Å². The predicted octanol–water partition coefficient (Wildman–Crippen LogP) is 0.767. The van der Waals surface area contributed by atoms with E-state index in [1.165, 1.54) is 6.20 Å². The maximum atomic E-state index is 13.8. The molecule has 1 saturated heterocycles. The zero-order chi connectivity index (χ0) is 13.7. The van der Waals surface area contributed by atoms with Gasteiger partial charge in [-0.3, -0.25) is 14.5 Å². The third-order valence-corrected chi connectivity index (χ3v) is 3.70. The summed E-state index contributed by atoms with van der Waals surface area (Å²) in [5.41, 5.74) is 1.20. The molecule has 2 aromatic heterocycles. The first-order valence-electron chi connectivity index (χ1n) is 6.32. The van der Waals surface area contributed by atoms with Crippen molar-refractivity contribution in [1.82, 2.24) is 20.1 Å². The van der Waals surface area contributed by atoms with E-state index in [4.69, 9.17) is 4.74 Å². The summed E-state index contributed by atoms with van der Waals surface area (Å²) >= 11 is 0. The third kappa shape index (κ3) is 1.56. The Balaban J connectivity index is 1.84. The van der Waals surface area contributed by atoms with Crippen molar-refractivity contribution >= 4 is 5.91 Å². The number of aromatic nitrogens is 3. The molecule has 0 aliphatic carbocycles. The Morgan fingerprint density at radius 2 is 2.35 bits per heavy atom. The van der Waals surface area contributed by atoms with Gasteiger partial charge in [-0.15, -0.1) is 0 Å². The topological polar surface area (TPSA) is 69.0 Å². The first kappa shape index (κ1) is 11.5. The first-order chi connectivity index (χ1) is 9.74. The van der Waals surface area contributed by atoms with Gasteiger partial charge >= 0.3 is 0 Å². The number of rotatable bonds is 1. The summed E-state index contributed by atoms with van der Waals surface area (Å²) in [5, 5.41) is 7.27. The van der Waals surface area contributed by atoms with Gasteiger partial charge in [-0.25, -0.2) is 4.39 Å². The molecule has 7 heteroatoms. The van der Waals surface area contributed by atoms with Crippen LogP contribution in [0.3, 0.4) is 0 Å². The van der Waals surface area contributed by atoms with Gasteiger partial charge in [0.25, 0.3) is 5.91 Å². The summed E-state index contributed by atoms with van der Waals surface area (Å²) in [7, 11) is 0. The first-order valence-corrected chi connectivity index (χ1v) is 6.32. The highest BCUT2D eigenvalue weighted by atomic mass is 19.1. The number of hydrogen-bond donors (Lipinski definition) is 1. The molecule has 1 N–H and O–H groups in total.